The van der Waals surface area contributed by atoms with Crippen LogP contribution in [0.15, 0.2) is 0 Å². The number of hydrogen-bond donors (Lipinski definition) is 0. The van der Waals surface area contributed by atoms with Gasteiger partial charge < -0.3 is 9.47 Å². The van der Waals surface area contributed by atoms with Crippen LogP contribution in [0.4, 0.5) is 8.78 Å². The molecule has 1 atom stereocenters. The zero-order valence-electron chi connectivity index (χ0n) is 8.67. The highest BCUT2D eigenvalue weighted by molar-refractivity contribution is 5.84. The first kappa shape index (κ1) is 11.9. The Kier molecular flexibility index (Phi) is 2.71. The summed E-state index contributed by atoms with van der Waals surface area (Å²) in [7, 11) is 0. The number of halogens is 2. The number of carbonyl (C=O) groups is 2. The highest BCUT2D eigenvalue weighted by Gasteiger charge is 2.49. The third-order valence-corrected chi connectivity index (χ3v) is 2.09. The second-order valence-electron chi connectivity index (χ2n) is 4.27. The van der Waals surface area contributed by atoms with Crippen molar-refractivity contribution >= 4 is 11.9 Å². The minimum absolute atomic E-state index is 0.0546. The number of cyclic esters (lactones) is 1. The van der Waals surface area contributed by atoms with Crippen LogP contribution in [-0.2, 0) is 19.1 Å². The van der Waals surface area contributed by atoms with Gasteiger partial charge in [-0.25, -0.2) is 9.59 Å². The van der Waals surface area contributed by atoms with E-state index in [0.29, 0.717) is 6.92 Å². The van der Waals surface area contributed by atoms with Crippen molar-refractivity contribution in [1.82, 2.24) is 0 Å². The fourth-order valence-electron chi connectivity index (χ4n) is 1.15. The van der Waals surface area contributed by atoms with E-state index in [4.69, 9.17) is 0 Å². The van der Waals surface area contributed by atoms with Crippen molar-refractivity contribution in [3.8, 4) is 0 Å². The smallest absolute Gasteiger partial charge is 0.377 e. The average Bonchev–Trinajstić information content (AvgIpc) is 2.29. The number of esters is 2. The van der Waals surface area contributed by atoms with E-state index in [0.717, 1.165) is 0 Å². The number of hydrogen-bond acceptors (Lipinski definition) is 4. The minimum Gasteiger partial charge on any atom is -0.462 e. The van der Waals surface area contributed by atoms with E-state index in [1.807, 2.05) is 0 Å². The summed E-state index contributed by atoms with van der Waals surface area (Å²) >= 11 is 0. The van der Waals surface area contributed by atoms with Crippen LogP contribution in [0, 0.1) is 5.41 Å². The Labute approximate surface area is 85.5 Å². The molecule has 0 aliphatic carbocycles. The Balaban J connectivity index is 2.74. The van der Waals surface area contributed by atoms with Gasteiger partial charge in [0.2, 0.25) is 6.10 Å². The molecule has 0 N–H and O–H groups in total. The summed E-state index contributed by atoms with van der Waals surface area (Å²) < 4.78 is 34.1. The first-order valence-corrected chi connectivity index (χ1v) is 4.40. The first-order chi connectivity index (χ1) is 6.64. The van der Waals surface area contributed by atoms with E-state index in [1.165, 1.54) is 0 Å². The zero-order chi connectivity index (χ0) is 11.9. The highest BCUT2D eigenvalue weighted by atomic mass is 19.3. The van der Waals surface area contributed by atoms with Gasteiger partial charge >= 0.3 is 17.9 Å². The van der Waals surface area contributed by atoms with Crippen LogP contribution in [0.25, 0.3) is 0 Å². The summed E-state index contributed by atoms with van der Waals surface area (Å²) in [5, 5.41) is 0. The van der Waals surface area contributed by atoms with Gasteiger partial charge in [0, 0.05) is 12.3 Å². The van der Waals surface area contributed by atoms with Gasteiger partial charge in [0.25, 0.3) is 0 Å². The van der Waals surface area contributed by atoms with Gasteiger partial charge in [-0.15, -0.1) is 0 Å². The van der Waals surface area contributed by atoms with Crippen LogP contribution in [0.3, 0.4) is 0 Å². The Morgan fingerprint density at radius 3 is 2.47 bits per heavy atom. The fourth-order valence-corrected chi connectivity index (χ4v) is 1.15. The van der Waals surface area contributed by atoms with E-state index >= 15 is 0 Å². The molecule has 0 aromatic rings. The molecule has 1 fully saturated rings. The molecule has 1 unspecified atom stereocenters. The molecule has 0 aromatic heterocycles. The van der Waals surface area contributed by atoms with Crippen molar-refractivity contribution < 1.29 is 27.8 Å². The summed E-state index contributed by atoms with van der Waals surface area (Å²) in [5.41, 5.74) is -0.766. The quantitative estimate of drug-likeness (QED) is 0.657. The van der Waals surface area contributed by atoms with E-state index in [9.17, 15) is 18.4 Å². The summed E-state index contributed by atoms with van der Waals surface area (Å²) in [5.74, 6) is -6.09. The van der Waals surface area contributed by atoms with Crippen molar-refractivity contribution in [3.63, 3.8) is 0 Å². The lowest BCUT2D eigenvalue weighted by atomic mass is 9.90. The Bertz CT molecular complexity index is 293. The van der Waals surface area contributed by atoms with Crippen molar-refractivity contribution in [3.05, 3.63) is 0 Å². The van der Waals surface area contributed by atoms with Gasteiger partial charge in [-0.1, -0.05) is 13.8 Å². The second-order valence-corrected chi connectivity index (χ2v) is 4.27. The summed E-state index contributed by atoms with van der Waals surface area (Å²) in [6.07, 6.45) is -1.25. The minimum atomic E-state index is -3.60. The lowest BCUT2D eigenvalue weighted by molar-refractivity contribution is -0.182. The molecule has 86 valence electrons. The summed E-state index contributed by atoms with van der Waals surface area (Å²) in [6.45, 7) is 3.68. The standard InChI is InChI=1S/C9H12F2O4/c1-8(2)4-14-6(12)5(8)15-7(13)9(3,10)11/h5H,4H2,1-3H3. The molecule has 0 radical (unpaired) electrons. The maximum atomic E-state index is 12.5. The molecule has 0 bridgehead atoms. The van der Waals surface area contributed by atoms with Crippen LogP contribution in [0.5, 0.6) is 0 Å². The second kappa shape index (κ2) is 3.43. The van der Waals surface area contributed by atoms with Gasteiger partial charge in [0.1, 0.15) is 6.61 Å². The molecule has 4 nitrogen and oxygen atoms in total. The topological polar surface area (TPSA) is 52.6 Å². The predicted octanol–water partition coefficient (Wildman–Crippen LogP) is 1.14. The molecular formula is C9H12F2O4. The van der Waals surface area contributed by atoms with E-state index in [-0.39, 0.29) is 6.61 Å². The maximum absolute atomic E-state index is 12.5. The van der Waals surface area contributed by atoms with Crippen LogP contribution in [-0.4, -0.2) is 30.6 Å². The molecule has 1 saturated heterocycles. The Morgan fingerprint density at radius 1 is 1.60 bits per heavy atom. The molecule has 0 aromatic carbocycles. The number of ether oxygens (including phenoxy) is 2. The van der Waals surface area contributed by atoms with Crippen LogP contribution in [0.1, 0.15) is 20.8 Å². The summed E-state index contributed by atoms with van der Waals surface area (Å²) in [6, 6.07) is 0. The molecule has 0 saturated carbocycles. The monoisotopic (exact) mass is 222 g/mol. The summed E-state index contributed by atoms with van der Waals surface area (Å²) in [4.78, 5) is 22.0. The van der Waals surface area contributed by atoms with Crippen molar-refractivity contribution in [1.29, 1.82) is 0 Å². The number of carbonyl (C=O) groups excluding carboxylic acids is 2. The maximum Gasteiger partial charge on any atom is 0.377 e. The third kappa shape index (κ3) is 2.43. The Morgan fingerprint density at radius 2 is 2.13 bits per heavy atom. The molecule has 1 rings (SSSR count). The number of rotatable bonds is 2. The molecule has 1 aliphatic heterocycles. The molecule has 0 amide bonds. The normalized spacial score (nSPS) is 24.9. The van der Waals surface area contributed by atoms with E-state index in [2.05, 4.69) is 9.47 Å². The molecule has 1 aliphatic rings. The fraction of sp³-hybridized carbons (Fsp3) is 0.778. The van der Waals surface area contributed by atoms with Gasteiger partial charge in [0.15, 0.2) is 0 Å². The van der Waals surface area contributed by atoms with Crippen LogP contribution >= 0.6 is 0 Å². The predicted molar refractivity (Wildman–Crippen MR) is 45.2 cm³/mol. The van der Waals surface area contributed by atoms with Crippen molar-refractivity contribution in [2.75, 3.05) is 6.61 Å². The molecular weight excluding hydrogens is 210 g/mol. The van der Waals surface area contributed by atoms with E-state index < -0.39 is 29.4 Å². The van der Waals surface area contributed by atoms with Crippen molar-refractivity contribution in [2.45, 2.75) is 32.8 Å². The molecule has 1 heterocycles. The van der Waals surface area contributed by atoms with Gasteiger partial charge in [-0.05, 0) is 0 Å². The van der Waals surface area contributed by atoms with Gasteiger partial charge in [-0.3, -0.25) is 0 Å². The van der Waals surface area contributed by atoms with Crippen LogP contribution < -0.4 is 0 Å². The van der Waals surface area contributed by atoms with Gasteiger partial charge in [0.05, 0.1) is 0 Å². The first-order valence-electron chi connectivity index (χ1n) is 4.40. The third-order valence-electron chi connectivity index (χ3n) is 2.09. The SMILES string of the molecule is CC(F)(F)C(=O)OC1C(=O)OCC1(C)C. The zero-order valence-corrected chi connectivity index (χ0v) is 8.67. The lowest BCUT2D eigenvalue weighted by Crippen LogP contribution is -2.39. The number of alkyl halides is 2. The molecule has 6 heteroatoms. The van der Waals surface area contributed by atoms with Crippen molar-refractivity contribution in [2.24, 2.45) is 5.41 Å². The Hall–Kier alpha value is -1.20. The largest absolute Gasteiger partial charge is 0.462 e. The van der Waals surface area contributed by atoms with Gasteiger partial charge in [-0.2, -0.15) is 8.78 Å². The van der Waals surface area contributed by atoms with Crippen LogP contribution in [0.2, 0.25) is 0 Å². The average molecular weight is 222 g/mol. The molecule has 0 spiro atoms. The molecule has 15 heavy (non-hydrogen) atoms. The highest BCUT2D eigenvalue weighted by Crippen LogP contribution is 2.32. The lowest BCUT2D eigenvalue weighted by Gasteiger charge is -2.22. The van der Waals surface area contributed by atoms with E-state index in [1.54, 1.807) is 13.8 Å².